The number of benzene rings is 1. The van der Waals surface area contributed by atoms with E-state index in [9.17, 15) is 22.4 Å². The number of nitrogens with zero attached hydrogens (tertiary/aromatic N) is 3. The molecule has 1 aliphatic rings. The first-order chi connectivity index (χ1) is 11.3. The van der Waals surface area contributed by atoms with E-state index in [1.165, 1.54) is 4.90 Å². The summed E-state index contributed by atoms with van der Waals surface area (Å²) < 4.78 is 57.3. The third kappa shape index (κ3) is 3.10. The molecule has 1 aliphatic heterocycles. The highest BCUT2D eigenvalue weighted by atomic mass is 19.4. The van der Waals surface area contributed by atoms with Crippen LogP contribution < -0.4 is 0 Å². The van der Waals surface area contributed by atoms with Gasteiger partial charge in [-0.15, -0.1) is 0 Å². The number of hydrogen-bond acceptors (Lipinski definition) is 4. The summed E-state index contributed by atoms with van der Waals surface area (Å²) in [6.07, 6.45) is -4.30. The Bertz CT molecular complexity index is 772. The van der Waals surface area contributed by atoms with Crippen molar-refractivity contribution in [2.24, 2.45) is 0 Å². The van der Waals surface area contributed by atoms with Crippen LogP contribution in [0.15, 0.2) is 22.7 Å². The molecule has 9 heteroatoms. The van der Waals surface area contributed by atoms with Gasteiger partial charge in [-0.05, 0) is 31.5 Å². The van der Waals surface area contributed by atoms with Crippen molar-refractivity contribution >= 4 is 5.91 Å². The van der Waals surface area contributed by atoms with E-state index in [4.69, 9.17) is 4.52 Å². The number of likely N-dealkylation sites (tertiary alicyclic amines) is 1. The number of hydrogen-bond donors (Lipinski definition) is 0. The first-order valence-corrected chi connectivity index (χ1v) is 7.22. The van der Waals surface area contributed by atoms with E-state index in [-0.39, 0.29) is 19.0 Å². The number of carbonyl (C=O) groups is 1. The Labute approximate surface area is 134 Å². The van der Waals surface area contributed by atoms with Gasteiger partial charge in [0, 0.05) is 13.1 Å². The number of halogens is 4. The van der Waals surface area contributed by atoms with Crippen molar-refractivity contribution in [3.8, 4) is 0 Å². The van der Waals surface area contributed by atoms with Crippen LogP contribution in [0.4, 0.5) is 17.6 Å². The predicted octanol–water partition coefficient (Wildman–Crippen LogP) is 3.17. The van der Waals surface area contributed by atoms with E-state index < -0.39 is 29.0 Å². The Balaban J connectivity index is 1.83. The van der Waals surface area contributed by atoms with Crippen LogP contribution in [0.2, 0.25) is 0 Å². The molecule has 1 aromatic heterocycles. The molecule has 2 aromatic rings. The first-order valence-electron chi connectivity index (χ1n) is 7.22. The fourth-order valence-electron chi connectivity index (χ4n) is 2.73. The molecule has 128 valence electrons. The molecule has 3 rings (SSSR count). The molecule has 1 aromatic carbocycles. The molecule has 1 saturated heterocycles. The van der Waals surface area contributed by atoms with Crippen LogP contribution in [-0.4, -0.2) is 34.0 Å². The number of amides is 1. The van der Waals surface area contributed by atoms with Crippen LogP contribution in [0.1, 0.15) is 40.0 Å². The monoisotopic (exact) mass is 343 g/mol. The van der Waals surface area contributed by atoms with Crippen LogP contribution in [0.5, 0.6) is 0 Å². The maximum atomic E-state index is 13.2. The summed E-state index contributed by atoms with van der Waals surface area (Å²) in [6, 6.07) is 2.05. The van der Waals surface area contributed by atoms with Crippen LogP contribution in [0.3, 0.4) is 0 Å². The minimum Gasteiger partial charge on any atom is -0.339 e. The van der Waals surface area contributed by atoms with E-state index in [0.29, 0.717) is 24.2 Å². The van der Waals surface area contributed by atoms with Gasteiger partial charge in [-0.3, -0.25) is 4.79 Å². The van der Waals surface area contributed by atoms with Crippen LogP contribution in [0, 0.1) is 12.7 Å². The summed E-state index contributed by atoms with van der Waals surface area (Å²) >= 11 is 0. The van der Waals surface area contributed by atoms with Gasteiger partial charge in [-0.1, -0.05) is 5.16 Å². The van der Waals surface area contributed by atoms with Crippen molar-refractivity contribution in [2.75, 3.05) is 13.1 Å². The zero-order chi connectivity index (χ0) is 17.5. The summed E-state index contributed by atoms with van der Waals surface area (Å²) in [5.74, 6) is -1.24. The third-order valence-electron chi connectivity index (χ3n) is 3.89. The predicted molar refractivity (Wildman–Crippen MR) is 73.7 cm³/mol. The summed E-state index contributed by atoms with van der Waals surface area (Å²) in [7, 11) is 0. The summed E-state index contributed by atoms with van der Waals surface area (Å²) in [5.41, 5.74) is -1.84. The van der Waals surface area contributed by atoms with E-state index in [0.717, 1.165) is 12.1 Å². The maximum absolute atomic E-state index is 13.2. The minimum atomic E-state index is -4.81. The number of alkyl halides is 3. The van der Waals surface area contributed by atoms with E-state index in [1.807, 2.05) is 0 Å². The zero-order valence-electron chi connectivity index (χ0n) is 12.6. The highest BCUT2D eigenvalue weighted by Crippen LogP contribution is 2.34. The highest BCUT2D eigenvalue weighted by molar-refractivity contribution is 5.96. The standard InChI is InChI=1S/C15H13F4N3O2/c1-8-20-13(24-21-8)9-4-5-22(7-9)14(23)11-3-2-10(16)6-12(11)15(17,18)19/h2-3,6,9H,4-5,7H2,1H3/t9-/m1/s1. The molecule has 1 atom stereocenters. The average Bonchev–Trinajstić information content (AvgIpc) is 3.14. The van der Waals surface area contributed by atoms with Crippen molar-refractivity contribution < 1.29 is 26.9 Å². The Morgan fingerprint density at radius 2 is 2.12 bits per heavy atom. The molecule has 1 amide bonds. The summed E-state index contributed by atoms with van der Waals surface area (Å²) in [6.45, 7) is 2.09. The second-order valence-electron chi connectivity index (χ2n) is 5.60. The average molecular weight is 343 g/mol. The lowest BCUT2D eigenvalue weighted by Gasteiger charge is -2.19. The van der Waals surface area contributed by atoms with Crippen molar-refractivity contribution in [3.05, 3.63) is 46.9 Å². The number of carbonyl (C=O) groups excluding carboxylic acids is 1. The zero-order valence-corrected chi connectivity index (χ0v) is 12.6. The molecule has 2 heterocycles. The van der Waals surface area contributed by atoms with Crippen LogP contribution in [0.25, 0.3) is 0 Å². The van der Waals surface area contributed by atoms with Crippen LogP contribution >= 0.6 is 0 Å². The Hall–Kier alpha value is -2.45. The second-order valence-corrected chi connectivity index (χ2v) is 5.60. The third-order valence-corrected chi connectivity index (χ3v) is 3.89. The Morgan fingerprint density at radius 1 is 1.38 bits per heavy atom. The van der Waals surface area contributed by atoms with Gasteiger partial charge in [0.25, 0.3) is 5.91 Å². The fourth-order valence-corrected chi connectivity index (χ4v) is 2.73. The van der Waals surface area contributed by atoms with E-state index >= 15 is 0 Å². The molecule has 0 spiro atoms. The lowest BCUT2D eigenvalue weighted by molar-refractivity contribution is -0.138. The molecule has 5 nitrogen and oxygen atoms in total. The highest BCUT2D eigenvalue weighted by Gasteiger charge is 2.38. The van der Waals surface area contributed by atoms with Gasteiger partial charge in [-0.25, -0.2) is 4.39 Å². The molecule has 0 N–H and O–H groups in total. The number of aryl methyl sites for hydroxylation is 1. The molecule has 24 heavy (non-hydrogen) atoms. The van der Waals surface area contributed by atoms with Gasteiger partial charge in [-0.2, -0.15) is 18.2 Å². The molecular formula is C15H13F4N3O2. The summed E-state index contributed by atoms with van der Waals surface area (Å²) in [4.78, 5) is 17.8. The first kappa shape index (κ1) is 16.4. The van der Waals surface area contributed by atoms with Crippen molar-refractivity contribution in [2.45, 2.75) is 25.4 Å². The van der Waals surface area contributed by atoms with Gasteiger partial charge in [0.2, 0.25) is 5.89 Å². The molecule has 0 aliphatic carbocycles. The van der Waals surface area contributed by atoms with Crippen LogP contribution in [-0.2, 0) is 6.18 Å². The molecular weight excluding hydrogens is 330 g/mol. The van der Waals surface area contributed by atoms with E-state index in [2.05, 4.69) is 10.1 Å². The summed E-state index contributed by atoms with van der Waals surface area (Å²) in [5, 5.41) is 3.67. The van der Waals surface area contributed by atoms with Crippen molar-refractivity contribution in [3.63, 3.8) is 0 Å². The normalized spacial score (nSPS) is 18.2. The Morgan fingerprint density at radius 3 is 2.75 bits per heavy atom. The molecule has 1 fully saturated rings. The lowest BCUT2D eigenvalue weighted by atomic mass is 10.1. The van der Waals surface area contributed by atoms with Gasteiger partial charge >= 0.3 is 6.18 Å². The van der Waals surface area contributed by atoms with Crippen molar-refractivity contribution in [1.29, 1.82) is 0 Å². The van der Waals surface area contributed by atoms with Gasteiger partial charge < -0.3 is 9.42 Å². The molecule has 0 unspecified atom stereocenters. The van der Waals surface area contributed by atoms with Gasteiger partial charge in [0.15, 0.2) is 5.82 Å². The smallest absolute Gasteiger partial charge is 0.339 e. The number of aromatic nitrogens is 2. The second kappa shape index (κ2) is 5.88. The molecule has 0 radical (unpaired) electrons. The largest absolute Gasteiger partial charge is 0.417 e. The molecule has 0 bridgehead atoms. The molecule has 0 saturated carbocycles. The van der Waals surface area contributed by atoms with Gasteiger partial charge in [0.1, 0.15) is 5.82 Å². The van der Waals surface area contributed by atoms with E-state index in [1.54, 1.807) is 6.92 Å². The Kier molecular flexibility index (Phi) is 4.02. The maximum Gasteiger partial charge on any atom is 0.417 e. The van der Waals surface area contributed by atoms with Gasteiger partial charge in [0.05, 0.1) is 17.0 Å². The quantitative estimate of drug-likeness (QED) is 0.786. The van der Waals surface area contributed by atoms with Crippen molar-refractivity contribution in [1.82, 2.24) is 15.0 Å². The topological polar surface area (TPSA) is 59.2 Å². The SMILES string of the molecule is Cc1noc([C@@H]2CCN(C(=O)c3ccc(F)cc3C(F)(F)F)C2)n1. The fraction of sp³-hybridized carbons (Fsp3) is 0.400. The number of rotatable bonds is 2. The minimum absolute atomic E-state index is 0.176. The lowest BCUT2D eigenvalue weighted by Crippen LogP contribution is -2.30.